The molecule has 2 aromatic carbocycles. The summed E-state index contributed by atoms with van der Waals surface area (Å²) in [6.07, 6.45) is 2.73. The smallest absolute Gasteiger partial charge is 0.316 e. The largest absolute Gasteiger partial charge is 0.455 e. The normalized spacial score (nSPS) is 14.7. The van der Waals surface area contributed by atoms with Crippen LogP contribution in [0.25, 0.3) is 0 Å². The lowest BCUT2D eigenvalue weighted by molar-refractivity contribution is -0.144. The van der Waals surface area contributed by atoms with Gasteiger partial charge < -0.3 is 10.1 Å². The van der Waals surface area contributed by atoms with Crippen LogP contribution in [-0.2, 0) is 24.3 Å². The van der Waals surface area contributed by atoms with Crippen molar-refractivity contribution >= 4 is 39.3 Å². The van der Waals surface area contributed by atoms with Gasteiger partial charge in [0.2, 0.25) is 10.0 Å². The van der Waals surface area contributed by atoms with Crippen molar-refractivity contribution in [2.75, 3.05) is 30.8 Å². The quantitative estimate of drug-likeness (QED) is 0.461. The van der Waals surface area contributed by atoms with E-state index in [9.17, 15) is 18.0 Å². The Morgan fingerprint density at radius 3 is 2.47 bits per heavy atom. The van der Waals surface area contributed by atoms with Gasteiger partial charge in [0.15, 0.2) is 6.61 Å². The highest BCUT2D eigenvalue weighted by molar-refractivity contribution is 8.00. The van der Waals surface area contributed by atoms with Crippen LogP contribution in [0.1, 0.15) is 30.4 Å². The summed E-state index contributed by atoms with van der Waals surface area (Å²) in [5.74, 6) is -0.920. The first-order valence-electron chi connectivity index (χ1n) is 10.5. The fourth-order valence-corrected chi connectivity index (χ4v) is 6.04. The minimum atomic E-state index is -3.62. The summed E-state index contributed by atoms with van der Waals surface area (Å²) < 4.78 is 32.6. The van der Waals surface area contributed by atoms with Crippen LogP contribution in [0, 0.1) is 13.8 Å². The first kappa shape index (κ1) is 24.3. The zero-order valence-corrected chi connectivity index (χ0v) is 19.9. The molecular weight excluding hydrogens is 448 g/mol. The van der Waals surface area contributed by atoms with Crippen molar-refractivity contribution in [1.29, 1.82) is 0 Å². The summed E-state index contributed by atoms with van der Waals surface area (Å²) in [6.45, 7) is 4.28. The van der Waals surface area contributed by atoms with Gasteiger partial charge in [-0.15, -0.1) is 11.8 Å². The Kier molecular flexibility index (Phi) is 8.33. The van der Waals surface area contributed by atoms with Crippen molar-refractivity contribution in [1.82, 2.24) is 4.31 Å². The Hall–Kier alpha value is -2.36. The van der Waals surface area contributed by atoms with Crippen LogP contribution in [0.4, 0.5) is 5.69 Å². The van der Waals surface area contributed by atoms with Gasteiger partial charge in [0.1, 0.15) is 0 Å². The molecule has 1 fully saturated rings. The molecule has 7 nitrogen and oxygen atoms in total. The van der Waals surface area contributed by atoms with Crippen molar-refractivity contribution < 1.29 is 22.7 Å². The van der Waals surface area contributed by atoms with E-state index in [2.05, 4.69) is 5.32 Å². The minimum absolute atomic E-state index is 0.0981. The second-order valence-corrected chi connectivity index (χ2v) is 10.6. The lowest BCUT2D eigenvalue weighted by atomic mass is 10.2. The number of anilines is 1. The summed E-state index contributed by atoms with van der Waals surface area (Å²) in [4.78, 5) is 25.4. The number of carbonyl (C=O) groups is 2. The highest BCUT2D eigenvalue weighted by Crippen LogP contribution is 2.26. The Labute approximate surface area is 193 Å². The van der Waals surface area contributed by atoms with Crippen LogP contribution < -0.4 is 5.32 Å². The molecule has 1 heterocycles. The van der Waals surface area contributed by atoms with Crippen LogP contribution in [0.5, 0.6) is 0 Å². The van der Waals surface area contributed by atoms with Crippen LogP contribution in [0.3, 0.4) is 0 Å². The average molecular weight is 477 g/mol. The number of benzene rings is 2. The number of nitrogens with zero attached hydrogens (tertiary/aromatic N) is 1. The first-order valence-corrected chi connectivity index (χ1v) is 12.9. The van der Waals surface area contributed by atoms with Gasteiger partial charge in [-0.2, -0.15) is 4.31 Å². The van der Waals surface area contributed by atoms with Crippen LogP contribution in [0.15, 0.2) is 52.3 Å². The molecule has 0 spiro atoms. The van der Waals surface area contributed by atoms with E-state index in [4.69, 9.17) is 4.74 Å². The summed E-state index contributed by atoms with van der Waals surface area (Å²) >= 11 is 1.35. The number of piperidine rings is 1. The molecule has 1 amide bonds. The van der Waals surface area contributed by atoms with Gasteiger partial charge in [0.25, 0.3) is 5.91 Å². The number of hydrogen-bond acceptors (Lipinski definition) is 6. The molecule has 0 saturated carbocycles. The second kappa shape index (κ2) is 11.0. The fraction of sp³-hybridized carbons (Fsp3) is 0.391. The van der Waals surface area contributed by atoms with E-state index in [0.29, 0.717) is 24.3 Å². The van der Waals surface area contributed by atoms with E-state index in [-0.39, 0.29) is 10.6 Å². The number of sulfonamides is 1. The molecular formula is C23H28N2O5S2. The Morgan fingerprint density at radius 2 is 1.75 bits per heavy atom. The molecule has 0 bridgehead atoms. The van der Waals surface area contributed by atoms with Crippen molar-refractivity contribution in [3.8, 4) is 0 Å². The number of ether oxygens (including phenoxy) is 1. The van der Waals surface area contributed by atoms with Crippen molar-refractivity contribution in [3.63, 3.8) is 0 Å². The van der Waals surface area contributed by atoms with E-state index in [1.165, 1.54) is 22.1 Å². The molecule has 172 valence electrons. The lowest BCUT2D eigenvalue weighted by Gasteiger charge is -2.26. The zero-order chi connectivity index (χ0) is 23.1. The monoisotopic (exact) mass is 476 g/mol. The fourth-order valence-electron chi connectivity index (χ4n) is 3.44. The average Bonchev–Trinajstić information content (AvgIpc) is 2.79. The number of hydrogen-bond donors (Lipinski definition) is 1. The predicted molar refractivity (Wildman–Crippen MR) is 125 cm³/mol. The van der Waals surface area contributed by atoms with E-state index >= 15 is 0 Å². The van der Waals surface area contributed by atoms with E-state index < -0.39 is 28.5 Å². The maximum Gasteiger partial charge on any atom is 0.316 e. The minimum Gasteiger partial charge on any atom is -0.455 e. The third-order valence-corrected chi connectivity index (χ3v) is 8.40. The molecule has 32 heavy (non-hydrogen) atoms. The molecule has 1 aliphatic heterocycles. The number of rotatable bonds is 8. The number of nitrogens with one attached hydrogen (secondary N) is 1. The van der Waals surface area contributed by atoms with Gasteiger partial charge in [-0.05, 0) is 56.0 Å². The standard InChI is InChI=1S/C23H28N2O5S2/c1-17-8-4-5-9-20(17)31-16-23(27)30-15-22(26)24-19-11-10-18(2)21(14-19)32(28,29)25-12-6-3-7-13-25/h4-5,8-11,14H,3,6-7,12-13,15-16H2,1-2H3,(H,24,26). The van der Waals surface area contributed by atoms with Crippen LogP contribution in [-0.4, -0.2) is 50.0 Å². The molecule has 1 N–H and O–H groups in total. The van der Waals surface area contributed by atoms with Crippen LogP contribution in [0.2, 0.25) is 0 Å². The maximum atomic E-state index is 13.0. The zero-order valence-electron chi connectivity index (χ0n) is 18.3. The molecule has 9 heteroatoms. The molecule has 0 atom stereocenters. The molecule has 1 aliphatic rings. The summed E-state index contributed by atoms with van der Waals surface area (Å²) in [6, 6.07) is 12.5. The van der Waals surface area contributed by atoms with Gasteiger partial charge >= 0.3 is 5.97 Å². The van der Waals surface area contributed by atoms with Gasteiger partial charge in [-0.1, -0.05) is 30.7 Å². The third kappa shape index (κ3) is 6.34. The Bertz CT molecular complexity index is 1080. The van der Waals surface area contributed by atoms with Gasteiger partial charge in [0.05, 0.1) is 10.6 Å². The summed E-state index contributed by atoms with van der Waals surface area (Å²) in [5, 5.41) is 2.62. The second-order valence-electron chi connectivity index (χ2n) is 7.71. The number of carbonyl (C=O) groups excluding carboxylic acids is 2. The molecule has 3 rings (SSSR count). The van der Waals surface area contributed by atoms with Gasteiger partial charge in [-0.25, -0.2) is 8.42 Å². The van der Waals surface area contributed by atoms with E-state index in [0.717, 1.165) is 29.7 Å². The maximum absolute atomic E-state index is 13.0. The Morgan fingerprint density at radius 1 is 1.03 bits per heavy atom. The number of esters is 1. The highest BCUT2D eigenvalue weighted by atomic mass is 32.2. The third-order valence-electron chi connectivity index (χ3n) is 5.21. The van der Waals surface area contributed by atoms with Crippen molar-refractivity contribution in [2.24, 2.45) is 0 Å². The van der Waals surface area contributed by atoms with Crippen molar-refractivity contribution in [3.05, 3.63) is 53.6 Å². The highest BCUT2D eigenvalue weighted by Gasteiger charge is 2.27. The Balaban J connectivity index is 1.55. The molecule has 0 radical (unpaired) electrons. The SMILES string of the molecule is Cc1ccccc1SCC(=O)OCC(=O)Nc1ccc(C)c(S(=O)(=O)N2CCCCC2)c1. The van der Waals surface area contributed by atoms with Gasteiger partial charge in [0, 0.05) is 23.7 Å². The molecule has 1 saturated heterocycles. The molecule has 0 aromatic heterocycles. The summed E-state index contributed by atoms with van der Waals surface area (Å²) in [5.41, 5.74) is 2.03. The molecule has 2 aromatic rings. The van der Waals surface area contributed by atoms with E-state index in [1.807, 2.05) is 31.2 Å². The molecule has 0 unspecified atom stereocenters. The predicted octanol–water partition coefficient (Wildman–Crippen LogP) is 3.75. The molecule has 0 aliphatic carbocycles. The summed E-state index contributed by atoms with van der Waals surface area (Å²) in [7, 11) is -3.62. The first-order chi connectivity index (χ1) is 15.3. The van der Waals surface area contributed by atoms with Crippen LogP contribution >= 0.6 is 11.8 Å². The van der Waals surface area contributed by atoms with E-state index in [1.54, 1.807) is 19.1 Å². The topological polar surface area (TPSA) is 92.8 Å². The number of amides is 1. The van der Waals surface area contributed by atoms with Gasteiger partial charge in [-0.3, -0.25) is 9.59 Å². The number of aryl methyl sites for hydroxylation is 2. The number of thioether (sulfide) groups is 1. The lowest BCUT2D eigenvalue weighted by Crippen LogP contribution is -2.36. The van der Waals surface area contributed by atoms with Crippen molar-refractivity contribution in [2.45, 2.75) is 42.9 Å².